The number of benzene rings is 2. The monoisotopic (exact) mass is 584 g/mol. The van der Waals surface area contributed by atoms with E-state index in [1.54, 1.807) is 22.3 Å². The molecule has 0 aliphatic heterocycles. The summed E-state index contributed by atoms with van der Waals surface area (Å²) < 4.78 is 1.46. The Bertz CT molecular complexity index is 953. The fourth-order valence-corrected chi connectivity index (χ4v) is 5.80. The van der Waals surface area contributed by atoms with Crippen LogP contribution in [0.2, 0.25) is 0 Å². The third-order valence-electron chi connectivity index (χ3n) is 6.42. The van der Waals surface area contributed by atoms with Crippen molar-refractivity contribution in [3.63, 3.8) is 0 Å². The van der Waals surface area contributed by atoms with Gasteiger partial charge in [-0.25, -0.2) is 12.1 Å². The van der Waals surface area contributed by atoms with E-state index in [9.17, 15) is 0 Å². The summed E-state index contributed by atoms with van der Waals surface area (Å²) in [7, 11) is 0. The molecule has 2 aliphatic carbocycles. The van der Waals surface area contributed by atoms with Gasteiger partial charge in [-0.15, -0.1) is 0 Å². The SMILES string of the molecule is [Hf+2]=[C](c1ccccc1)c1ccccc1.c1cc2c([cH-]1)CCCC2.c1cc2c([cH-]1)CCCC2. The number of aryl methyl sites for hydroxylation is 4. The molecular weight excluding hydrogens is 551 g/mol. The van der Waals surface area contributed by atoms with E-state index in [4.69, 9.17) is 0 Å². The molecule has 0 saturated carbocycles. The van der Waals surface area contributed by atoms with Gasteiger partial charge in [0.15, 0.2) is 0 Å². The number of hydrogen-bond donors (Lipinski definition) is 0. The van der Waals surface area contributed by atoms with Crippen LogP contribution in [0.4, 0.5) is 0 Å². The van der Waals surface area contributed by atoms with Gasteiger partial charge in [0.05, 0.1) is 0 Å². The summed E-state index contributed by atoms with van der Waals surface area (Å²) in [5.74, 6) is 0. The summed E-state index contributed by atoms with van der Waals surface area (Å²) >= 11 is 1.08. The Balaban J connectivity index is 0.000000119. The van der Waals surface area contributed by atoms with Crippen molar-refractivity contribution in [2.24, 2.45) is 0 Å². The third kappa shape index (κ3) is 6.45. The standard InChI is InChI=1S/C13H10.2C9H11.Hf/c1-3-7-12(8-4-1)11-13-9-5-2-6-10-13;2*1-2-5-9-7-3-6-8(9)4-1;/h1-10H;2*3,6-7H,1-2,4-5H2;/q;2*-1;+2. The average molecular weight is 583 g/mol. The molecule has 0 atom stereocenters. The Morgan fingerprint density at radius 3 is 1.34 bits per heavy atom. The molecule has 0 amide bonds. The van der Waals surface area contributed by atoms with E-state index in [0.717, 1.165) is 23.9 Å². The van der Waals surface area contributed by atoms with Crippen molar-refractivity contribution in [2.75, 3.05) is 0 Å². The number of fused-ring (bicyclic) bond motifs is 2. The summed E-state index contributed by atoms with van der Waals surface area (Å²) in [6, 6.07) is 34.6. The van der Waals surface area contributed by atoms with E-state index in [1.807, 2.05) is 0 Å². The summed E-state index contributed by atoms with van der Waals surface area (Å²) in [5.41, 5.74) is 9.10. The van der Waals surface area contributed by atoms with Crippen molar-refractivity contribution >= 4 is 3.26 Å². The first-order valence-corrected chi connectivity index (χ1v) is 13.8. The molecule has 0 unspecified atom stereocenters. The molecule has 0 bridgehead atoms. The maximum absolute atomic E-state index is 2.26. The number of hydrogen-bond acceptors (Lipinski definition) is 0. The Kier molecular flexibility index (Phi) is 8.80. The van der Waals surface area contributed by atoms with Gasteiger partial charge >= 0.3 is 98.9 Å². The summed E-state index contributed by atoms with van der Waals surface area (Å²) in [4.78, 5) is 0. The molecule has 0 nitrogen and oxygen atoms in total. The van der Waals surface area contributed by atoms with Crippen LogP contribution in [0.1, 0.15) is 59.1 Å². The van der Waals surface area contributed by atoms with Crippen LogP contribution in [-0.4, -0.2) is 3.26 Å². The zero-order valence-electron chi connectivity index (χ0n) is 18.9. The third-order valence-corrected chi connectivity index (χ3v) is 8.50. The van der Waals surface area contributed by atoms with Crippen molar-refractivity contribution in [1.82, 2.24) is 0 Å². The second-order valence-electron chi connectivity index (χ2n) is 8.67. The molecule has 0 heterocycles. The van der Waals surface area contributed by atoms with Crippen LogP contribution in [0.5, 0.6) is 0 Å². The largest absolute Gasteiger partial charge is 0.210 e. The number of rotatable bonds is 2. The molecular formula is C31H32Hf. The molecule has 0 aromatic heterocycles. The fourth-order valence-electron chi connectivity index (χ4n) is 4.60. The second-order valence-corrected chi connectivity index (χ2v) is 10.5. The van der Waals surface area contributed by atoms with Crippen LogP contribution >= 0.6 is 0 Å². The molecule has 0 fully saturated rings. The maximum atomic E-state index is 2.26. The Morgan fingerprint density at radius 2 is 0.938 bits per heavy atom. The molecule has 32 heavy (non-hydrogen) atoms. The zero-order valence-corrected chi connectivity index (χ0v) is 22.5. The van der Waals surface area contributed by atoms with Crippen LogP contribution in [0.15, 0.2) is 97.1 Å². The summed E-state index contributed by atoms with van der Waals surface area (Å²) in [5, 5.41) is 0. The quantitative estimate of drug-likeness (QED) is 0.171. The van der Waals surface area contributed by atoms with Crippen molar-refractivity contribution in [2.45, 2.75) is 51.4 Å². The first kappa shape index (κ1) is 23.1. The normalized spacial score (nSPS) is 14.1. The van der Waals surface area contributed by atoms with Crippen molar-refractivity contribution in [1.29, 1.82) is 0 Å². The Morgan fingerprint density at radius 1 is 0.531 bits per heavy atom. The Hall–Kier alpha value is -2.12. The van der Waals surface area contributed by atoms with Crippen molar-refractivity contribution in [3.05, 3.63) is 130 Å². The van der Waals surface area contributed by atoms with Gasteiger partial charge in [-0.2, -0.15) is 46.5 Å². The molecule has 1 heteroatoms. The van der Waals surface area contributed by atoms with E-state index in [-0.39, 0.29) is 0 Å². The van der Waals surface area contributed by atoms with E-state index >= 15 is 0 Å². The van der Waals surface area contributed by atoms with E-state index in [0.29, 0.717) is 0 Å². The van der Waals surface area contributed by atoms with Gasteiger partial charge in [-0.1, -0.05) is 51.4 Å². The predicted octanol–water partition coefficient (Wildman–Crippen LogP) is 7.37. The molecule has 4 aromatic carbocycles. The van der Waals surface area contributed by atoms with Gasteiger partial charge < -0.3 is 0 Å². The maximum Gasteiger partial charge on any atom is -0.0512 e. The molecule has 0 radical (unpaired) electrons. The van der Waals surface area contributed by atoms with E-state index in [2.05, 4.69) is 97.1 Å². The second kappa shape index (κ2) is 12.2. The predicted molar refractivity (Wildman–Crippen MR) is 133 cm³/mol. The molecule has 0 spiro atoms. The molecule has 0 N–H and O–H groups in total. The molecule has 0 saturated heterocycles. The van der Waals surface area contributed by atoms with Gasteiger partial charge in [0.1, 0.15) is 0 Å². The van der Waals surface area contributed by atoms with Gasteiger partial charge in [0, 0.05) is 0 Å². The molecule has 160 valence electrons. The Labute approximate surface area is 208 Å². The van der Waals surface area contributed by atoms with Gasteiger partial charge in [0.25, 0.3) is 0 Å². The molecule has 2 aliphatic rings. The smallest absolute Gasteiger partial charge is 0.0512 e. The van der Waals surface area contributed by atoms with E-state index in [1.165, 1.54) is 65.7 Å². The van der Waals surface area contributed by atoms with Gasteiger partial charge in [-0.05, 0) is 0 Å². The molecule has 4 aromatic rings. The summed E-state index contributed by atoms with van der Waals surface area (Å²) in [6.45, 7) is 0. The minimum absolute atomic E-state index is 1.08. The topological polar surface area (TPSA) is 0 Å². The van der Waals surface area contributed by atoms with Crippen LogP contribution < -0.4 is 0 Å². The van der Waals surface area contributed by atoms with Crippen LogP contribution in [0.3, 0.4) is 0 Å². The molecule has 6 rings (SSSR count). The van der Waals surface area contributed by atoms with Crippen LogP contribution in [0.25, 0.3) is 0 Å². The fraction of sp³-hybridized carbons (Fsp3) is 0.258. The van der Waals surface area contributed by atoms with Crippen LogP contribution in [0, 0.1) is 0 Å². The first-order chi connectivity index (χ1) is 15.8. The van der Waals surface area contributed by atoms with E-state index < -0.39 is 0 Å². The minimum Gasteiger partial charge on any atom is -0.210 e. The van der Waals surface area contributed by atoms with Gasteiger partial charge in [0.2, 0.25) is 0 Å². The van der Waals surface area contributed by atoms with Crippen LogP contribution in [-0.2, 0) is 49.6 Å². The first-order valence-electron chi connectivity index (χ1n) is 12.0. The van der Waals surface area contributed by atoms with Gasteiger partial charge in [-0.3, -0.25) is 0 Å². The minimum atomic E-state index is 1.08. The average Bonchev–Trinajstić information content (AvgIpc) is 3.55. The summed E-state index contributed by atoms with van der Waals surface area (Å²) in [6.07, 6.45) is 10.9. The van der Waals surface area contributed by atoms with Crippen molar-refractivity contribution < 1.29 is 23.9 Å². The van der Waals surface area contributed by atoms with Crippen molar-refractivity contribution in [3.8, 4) is 0 Å². The zero-order chi connectivity index (χ0) is 22.0.